The first-order valence-corrected chi connectivity index (χ1v) is 8.21. The van der Waals surface area contributed by atoms with Gasteiger partial charge in [-0.05, 0) is 18.4 Å². The molecule has 0 atom stereocenters. The Morgan fingerprint density at radius 1 is 1.24 bits per heavy atom. The van der Waals surface area contributed by atoms with Crippen LogP contribution in [0.1, 0.15) is 47.4 Å². The third-order valence-electron chi connectivity index (χ3n) is 3.86. The molecule has 2 aromatic heterocycles. The highest BCUT2D eigenvalue weighted by Crippen LogP contribution is 2.27. The van der Waals surface area contributed by atoms with Gasteiger partial charge in [0.05, 0.1) is 22.7 Å². The second-order valence-corrected chi connectivity index (χ2v) is 5.48. The maximum atomic E-state index is 12.1. The summed E-state index contributed by atoms with van der Waals surface area (Å²) in [5.74, 6) is -0.511. The monoisotopic (exact) mass is 338 g/mol. The number of carbonyl (C=O) groups excluding carboxylic acids is 2. The van der Waals surface area contributed by atoms with E-state index in [1.807, 2.05) is 19.1 Å². The van der Waals surface area contributed by atoms with Gasteiger partial charge in [0, 0.05) is 12.7 Å². The van der Waals surface area contributed by atoms with Crippen molar-refractivity contribution in [3.05, 3.63) is 60.5 Å². The molecule has 2 amide bonds. The summed E-state index contributed by atoms with van der Waals surface area (Å²) in [5.41, 5.74) is 2.56. The molecule has 0 radical (unpaired) electrons. The van der Waals surface area contributed by atoms with Gasteiger partial charge in [0.15, 0.2) is 5.65 Å². The van der Waals surface area contributed by atoms with E-state index in [0.29, 0.717) is 28.7 Å². The average molecular weight is 338 g/mol. The van der Waals surface area contributed by atoms with Crippen molar-refractivity contribution in [2.24, 2.45) is 0 Å². The SMILES string of the molecule is C=C/C=C(\C=C)CC.CCCN1C(=O)c2cnc3[nH]ncc3c2C1=O. The van der Waals surface area contributed by atoms with Crippen molar-refractivity contribution in [3.63, 3.8) is 0 Å². The van der Waals surface area contributed by atoms with Crippen LogP contribution in [-0.2, 0) is 0 Å². The number of aromatic nitrogens is 3. The van der Waals surface area contributed by atoms with E-state index >= 15 is 0 Å². The van der Waals surface area contributed by atoms with Gasteiger partial charge in [0.1, 0.15) is 0 Å². The number of carbonyl (C=O) groups is 2. The first kappa shape index (κ1) is 18.3. The molecule has 6 nitrogen and oxygen atoms in total. The van der Waals surface area contributed by atoms with Gasteiger partial charge in [-0.15, -0.1) is 0 Å². The van der Waals surface area contributed by atoms with Crippen molar-refractivity contribution in [2.75, 3.05) is 6.54 Å². The van der Waals surface area contributed by atoms with Crippen molar-refractivity contribution in [2.45, 2.75) is 26.7 Å². The maximum absolute atomic E-state index is 12.1. The summed E-state index contributed by atoms with van der Waals surface area (Å²) in [7, 11) is 0. The molecule has 0 saturated carbocycles. The normalized spacial score (nSPS) is 13.5. The Kier molecular flexibility index (Phi) is 6.00. The Labute approximate surface area is 146 Å². The number of imide groups is 1. The number of fused-ring (bicyclic) bond motifs is 3. The Balaban J connectivity index is 0.000000242. The van der Waals surface area contributed by atoms with Crippen molar-refractivity contribution >= 4 is 22.8 Å². The summed E-state index contributed by atoms with van der Waals surface area (Å²) in [6, 6.07) is 0. The van der Waals surface area contributed by atoms with Gasteiger partial charge < -0.3 is 0 Å². The predicted octanol–water partition coefficient (Wildman–Crippen LogP) is 3.66. The molecule has 3 heterocycles. The van der Waals surface area contributed by atoms with Gasteiger partial charge in [-0.3, -0.25) is 19.6 Å². The molecule has 0 spiro atoms. The lowest BCUT2D eigenvalue weighted by Crippen LogP contribution is -2.30. The van der Waals surface area contributed by atoms with Crippen LogP contribution >= 0.6 is 0 Å². The molecule has 0 unspecified atom stereocenters. The van der Waals surface area contributed by atoms with Gasteiger partial charge in [0.2, 0.25) is 0 Å². The number of hydrogen-bond acceptors (Lipinski definition) is 4. The lowest BCUT2D eigenvalue weighted by molar-refractivity contribution is 0.0655. The lowest BCUT2D eigenvalue weighted by Gasteiger charge is -2.11. The zero-order valence-corrected chi connectivity index (χ0v) is 14.6. The Bertz CT molecular complexity index is 848. The molecule has 0 aliphatic carbocycles. The van der Waals surface area contributed by atoms with Crippen molar-refractivity contribution in [1.82, 2.24) is 20.1 Å². The molecule has 6 heteroatoms. The summed E-state index contributed by atoms with van der Waals surface area (Å²) >= 11 is 0. The molecule has 3 rings (SSSR count). The highest BCUT2D eigenvalue weighted by molar-refractivity contribution is 6.25. The number of allylic oxidation sites excluding steroid dienone is 4. The molecular formula is C19H22N4O2. The minimum absolute atomic E-state index is 0.249. The minimum Gasteiger partial charge on any atom is -0.274 e. The van der Waals surface area contributed by atoms with Gasteiger partial charge >= 0.3 is 0 Å². The second kappa shape index (κ2) is 8.19. The van der Waals surface area contributed by atoms with Crippen LogP contribution in [-0.4, -0.2) is 38.4 Å². The predicted molar refractivity (Wildman–Crippen MR) is 98.3 cm³/mol. The fourth-order valence-electron chi connectivity index (χ4n) is 2.57. The molecule has 0 aromatic carbocycles. The Morgan fingerprint density at radius 2 is 2.00 bits per heavy atom. The smallest absolute Gasteiger partial charge is 0.263 e. The van der Waals surface area contributed by atoms with Crippen molar-refractivity contribution in [3.8, 4) is 0 Å². The summed E-state index contributed by atoms with van der Waals surface area (Å²) < 4.78 is 0. The van der Waals surface area contributed by atoms with E-state index in [4.69, 9.17) is 0 Å². The van der Waals surface area contributed by atoms with Crippen molar-refractivity contribution in [1.29, 1.82) is 0 Å². The second-order valence-electron chi connectivity index (χ2n) is 5.48. The summed E-state index contributed by atoms with van der Waals surface area (Å²) in [6.45, 7) is 11.7. The van der Waals surface area contributed by atoms with Crippen LogP contribution in [0, 0.1) is 0 Å². The molecule has 1 aliphatic heterocycles. The van der Waals surface area contributed by atoms with Crippen LogP contribution in [0.5, 0.6) is 0 Å². The molecule has 130 valence electrons. The summed E-state index contributed by atoms with van der Waals surface area (Å²) in [4.78, 5) is 29.5. The lowest BCUT2D eigenvalue weighted by atomic mass is 10.1. The third-order valence-corrected chi connectivity index (χ3v) is 3.86. The summed E-state index contributed by atoms with van der Waals surface area (Å²) in [6.07, 6.45) is 10.3. The van der Waals surface area contributed by atoms with Crippen molar-refractivity contribution < 1.29 is 9.59 Å². The zero-order valence-electron chi connectivity index (χ0n) is 14.6. The number of amides is 2. The van der Waals surface area contributed by atoms with Crippen LogP contribution < -0.4 is 0 Å². The maximum Gasteiger partial charge on any atom is 0.263 e. The quantitative estimate of drug-likeness (QED) is 0.666. The van der Waals surface area contributed by atoms with E-state index < -0.39 is 0 Å². The van der Waals surface area contributed by atoms with E-state index in [-0.39, 0.29) is 11.8 Å². The number of nitrogens with one attached hydrogen (secondary N) is 1. The van der Waals surface area contributed by atoms with Gasteiger partial charge in [-0.25, -0.2) is 4.98 Å². The van der Waals surface area contributed by atoms with E-state index in [0.717, 1.165) is 12.8 Å². The van der Waals surface area contributed by atoms with Gasteiger partial charge in [-0.2, -0.15) is 5.10 Å². The highest BCUT2D eigenvalue weighted by atomic mass is 16.2. The van der Waals surface area contributed by atoms with Crippen LogP contribution in [0.3, 0.4) is 0 Å². The molecule has 0 saturated heterocycles. The molecule has 0 bridgehead atoms. The largest absolute Gasteiger partial charge is 0.274 e. The van der Waals surface area contributed by atoms with E-state index in [9.17, 15) is 9.59 Å². The van der Waals surface area contributed by atoms with Crippen LogP contribution in [0.4, 0.5) is 0 Å². The number of rotatable bonds is 5. The molecule has 0 fully saturated rings. The topological polar surface area (TPSA) is 79.0 Å². The average Bonchev–Trinajstić information content (AvgIpc) is 3.19. The highest BCUT2D eigenvalue weighted by Gasteiger charge is 2.37. The molecule has 1 N–H and O–H groups in total. The molecule has 2 aromatic rings. The standard InChI is InChI=1S/C11H10N4O2.C8H12/c1-2-3-15-10(16)7-4-12-9-6(5-13-14-9)8(7)11(15)17;1-4-7-8(5-2)6-3/h4-5H,2-3H2,1H3,(H,12,13,14);4-5,7H,1-2,6H2,3H3/b;8-7+. The Morgan fingerprint density at radius 3 is 2.56 bits per heavy atom. The fraction of sp³-hybridized carbons (Fsp3) is 0.263. The number of H-pyrrole nitrogens is 1. The zero-order chi connectivity index (χ0) is 18.4. The fourth-order valence-corrected chi connectivity index (χ4v) is 2.57. The molecular weight excluding hydrogens is 316 g/mol. The molecule has 25 heavy (non-hydrogen) atoms. The first-order valence-electron chi connectivity index (χ1n) is 8.21. The number of hydrogen-bond donors (Lipinski definition) is 1. The first-order chi connectivity index (χ1) is 12.1. The number of aromatic amines is 1. The van der Waals surface area contributed by atoms with Gasteiger partial charge in [-0.1, -0.05) is 45.2 Å². The van der Waals surface area contributed by atoms with Crippen LogP contribution in [0.2, 0.25) is 0 Å². The van der Waals surface area contributed by atoms with E-state index in [1.54, 1.807) is 6.08 Å². The van der Waals surface area contributed by atoms with Crippen LogP contribution in [0.15, 0.2) is 49.4 Å². The van der Waals surface area contributed by atoms with E-state index in [1.165, 1.54) is 22.9 Å². The summed E-state index contributed by atoms with van der Waals surface area (Å²) in [5, 5.41) is 7.14. The van der Waals surface area contributed by atoms with E-state index in [2.05, 4.69) is 35.3 Å². The van der Waals surface area contributed by atoms with Crippen LogP contribution in [0.25, 0.3) is 11.0 Å². The Hall–Kier alpha value is -3.02. The number of nitrogens with zero attached hydrogens (tertiary/aromatic N) is 3. The molecule has 1 aliphatic rings. The third kappa shape index (κ3) is 3.57. The van der Waals surface area contributed by atoms with Gasteiger partial charge in [0.25, 0.3) is 11.8 Å². The minimum atomic E-state index is -0.262. The number of pyridine rings is 1.